The second-order valence-electron chi connectivity index (χ2n) is 5.03. The van der Waals surface area contributed by atoms with Crippen LogP contribution in [0.1, 0.15) is 19.4 Å². The Hall–Kier alpha value is -1.96. The van der Waals surface area contributed by atoms with Gasteiger partial charge in [-0.25, -0.2) is 0 Å². The average molecular weight is 358 g/mol. The van der Waals surface area contributed by atoms with Gasteiger partial charge in [0.05, 0.1) is 4.92 Å². The fourth-order valence-corrected chi connectivity index (χ4v) is 2.36. The molecule has 0 saturated carbocycles. The van der Waals surface area contributed by atoms with E-state index in [0.29, 0.717) is 4.47 Å². The molecule has 0 radical (unpaired) electrons. The average Bonchev–Trinajstić information content (AvgIpc) is 2.33. The zero-order valence-corrected chi connectivity index (χ0v) is 12.9. The van der Waals surface area contributed by atoms with E-state index in [-0.39, 0.29) is 17.7 Å². The van der Waals surface area contributed by atoms with E-state index in [1.165, 1.54) is 26.0 Å². The molecule has 0 aliphatic carbocycles. The van der Waals surface area contributed by atoms with Crippen molar-refractivity contribution in [2.24, 2.45) is 5.92 Å². The first kappa shape index (κ1) is 15.4. The lowest BCUT2D eigenvalue weighted by atomic mass is 9.97. The smallest absolute Gasteiger partial charge is 0.323 e. The summed E-state index contributed by atoms with van der Waals surface area (Å²) in [4.78, 5) is 34.2. The molecule has 0 N–H and O–H groups in total. The molecule has 0 unspecified atom stereocenters. The summed E-state index contributed by atoms with van der Waals surface area (Å²) >= 11 is 3.14. The molecule has 1 aromatic carbocycles. The van der Waals surface area contributed by atoms with E-state index in [1.807, 2.05) is 0 Å². The second kappa shape index (κ2) is 5.44. The van der Waals surface area contributed by atoms with Crippen LogP contribution >= 0.6 is 15.9 Å². The van der Waals surface area contributed by atoms with Crippen molar-refractivity contribution in [3.05, 3.63) is 38.3 Å². The molecule has 2 rings (SSSR count). The van der Waals surface area contributed by atoms with Crippen LogP contribution in [-0.2, 0) is 25.5 Å². The highest BCUT2D eigenvalue weighted by Gasteiger charge is 2.43. The minimum atomic E-state index is -1.31. The first-order chi connectivity index (χ1) is 9.69. The maximum absolute atomic E-state index is 11.9. The van der Waals surface area contributed by atoms with Gasteiger partial charge in [-0.2, -0.15) is 0 Å². The third-order valence-electron chi connectivity index (χ3n) is 2.93. The molecule has 7 nitrogen and oxygen atoms in total. The van der Waals surface area contributed by atoms with Crippen LogP contribution in [0.2, 0.25) is 0 Å². The molecule has 0 aromatic heterocycles. The van der Waals surface area contributed by atoms with Gasteiger partial charge in [0.1, 0.15) is 0 Å². The van der Waals surface area contributed by atoms with Gasteiger partial charge in [0, 0.05) is 36.4 Å². The van der Waals surface area contributed by atoms with Crippen LogP contribution in [0.4, 0.5) is 5.69 Å². The van der Waals surface area contributed by atoms with Crippen molar-refractivity contribution in [2.75, 3.05) is 0 Å². The van der Waals surface area contributed by atoms with E-state index < -0.39 is 28.6 Å². The molecule has 0 spiro atoms. The number of nitro groups is 1. The highest BCUT2D eigenvalue weighted by Crippen LogP contribution is 2.30. The summed E-state index contributed by atoms with van der Waals surface area (Å²) in [5.41, 5.74) is 0.0941. The standard InChI is InChI=1S/C13H12BrNO6/c1-13(2)20-11(16)9(12(17)21-13)5-7-3-4-8(14)6-10(7)15(18)19/h3-4,6,9H,5H2,1-2H3. The fraction of sp³-hybridized carbons (Fsp3) is 0.385. The van der Waals surface area contributed by atoms with Crippen molar-refractivity contribution in [2.45, 2.75) is 26.1 Å². The molecule has 0 bridgehead atoms. The molecule has 1 aliphatic rings. The molecule has 1 saturated heterocycles. The predicted octanol–water partition coefficient (Wildman–Crippen LogP) is 2.35. The van der Waals surface area contributed by atoms with Gasteiger partial charge in [-0.05, 0) is 6.07 Å². The van der Waals surface area contributed by atoms with E-state index >= 15 is 0 Å². The topological polar surface area (TPSA) is 95.7 Å². The zero-order chi connectivity index (χ0) is 15.8. The van der Waals surface area contributed by atoms with Crippen molar-refractivity contribution in [1.29, 1.82) is 0 Å². The predicted molar refractivity (Wildman–Crippen MR) is 74.3 cm³/mol. The van der Waals surface area contributed by atoms with Crippen LogP contribution in [0.5, 0.6) is 0 Å². The molecule has 21 heavy (non-hydrogen) atoms. The van der Waals surface area contributed by atoms with Crippen LogP contribution in [0.15, 0.2) is 22.7 Å². The van der Waals surface area contributed by atoms with Crippen molar-refractivity contribution in [3.8, 4) is 0 Å². The number of ether oxygens (including phenoxy) is 2. The summed E-state index contributed by atoms with van der Waals surface area (Å²) in [5, 5.41) is 11.0. The Morgan fingerprint density at radius 2 is 1.86 bits per heavy atom. The number of rotatable bonds is 3. The molecule has 1 fully saturated rings. The minimum absolute atomic E-state index is 0.142. The fourth-order valence-electron chi connectivity index (χ4n) is 2.01. The summed E-state index contributed by atoms with van der Waals surface area (Å²) < 4.78 is 10.5. The number of carbonyl (C=O) groups is 2. The van der Waals surface area contributed by atoms with Gasteiger partial charge < -0.3 is 9.47 Å². The van der Waals surface area contributed by atoms with Crippen LogP contribution in [0, 0.1) is 16.0 Å². The summed E-state index contributed by atoms with van der Waals surface area (Å²) in [6.07, 6.45) is -0.142. The Morgan fingerprint density at radius 3 is 2.38 bits per heavy atom. The lowest BCUT2D eigenvalue weighted by Gasteiger charge is -2.32. The SMILES string of the molecule is CC1(C)OC(=O)C(Cc2ccc(Br)cc2[N+](=O)[O-])C(=O)O1. The molecule has 1 heterocycles. The number of cyclic esters (lactones) is 2. The van der Waals surface area contributed by atoms with E-state index in [4.69, 9.17) is 9.47 Å². The van der Waals surface area contributed by atoms with Gasteiger partial charge in [0.25, 0.3) is 11.5 Å². The zero-order valence-electron chi connectivity index (χ0n) is 11.3. The molecular weight excluding hydrogens is 346 g/mol. The number of halogens is 1. The minimum Gasteiger partial charge on any atom is -0.422 e. The summed E-state index contributed by atoms with van der Waals surface area (Å²) in [6, 6.07) is 4.41. The summed E-state index contributed by atoms with van der Waals surface area (Å²) in [6.45, 7) is 2.89. The first-order valence-electron chi connectivity index (χ1n) is 6.08. The maximum atomic E-state index is 11.9. The van der Waals surface area contributed by atoms with Gasteiger partial charge in [0.15, 0.2) is 5.92 Å². The summed E-state index contributed by atoms with van der Waals surface area (Å²) in [7, 11) is 0. The summed E-state index contributed by atoms with van der Waals surface area (Å²) in [5.74, 6) is -3.99. The largest absolute Gasteiger partial charge is 0.422 e. The number of carbonyl (C=O) groups excluding carboxylic acids is 2. The van der Waals surface area contributed by atoms with Crippen molar-refractivity contribution >= 4 is 33.6 Å². The van der Waals surface area contributed by atoms with Gasteiger partial charge >= 0.3 is 11.9 Å². The van der Waals surface area contributed by atoms with E-state index in [0.717, 1.165) is 0 Å². The molecule has 0 atom stereocenters. The van der Waals surface area contributed by atoms with Crippen molar-refractivity contribution in [3.63, 3.8) is 0 Å². The van der Waals surface area contributed by atoms with Crippen molar-refractivity contribution in [1.82, 2.24) is 0 Å². The van der Waals surface area contributed by atoms with Gasteiger partial charge in [-0.3, -0.25) is 19.7 Å². The Balaban J connectivity index is 2.28. The Morgan fingerprint density at radius 1 is 1.29 bits per heavy atom. The lowest BCUT2D eigenvalue weighted by molar-refractivity contribution is -0.385. The Bertz CT molecular complexity index is 607. The van der Waals surface area contributed by atoms with Crippen LogP contribution in [-0.4, -0.2) is 22.6 Å². The van der Waals surface area contributed by atoms with Crippen LogP contribution in [0.25, 0.3) is 0 Å². The number of nitrogens with zero attached hydrogens (tertiary/aromatic N) is 1. The number of hydrogen-bond acceptors (Lipinski definition) is 6. The highest BCUT2D eigenvalue weighted by atomic mass is 79.9. The normalized spacial score (nSPS) is 18.0. The molecule has 1 aliphatic heterocycles. The molecular formula is C13H12BrNO6. The molecule has 112 valence electrons. The van der Waals surface area contributed by atoms with Gasteiger partial charge in [-0.1, -0.05) is 22.0 Å². The van der Waals surface area contributed by atoms with Crippen LogP contribution in [0.3, 0.4) is 0 Å². The van der Waals surface area contributed by atoms with E-state index in [9.17, 15) is 19.7 Å². The van der Waals surface area contributed by atoms with Gasteiger partial charge in [-0.15, -0.1) is 0 Å². The Kier molecular flexibility index (Phi) is 3.99. The first-order valence-corrected chi connectivity index (χ1v) is 6.87. The maximum Gasteiger partial charge on any atom is 0.323 e. The number of benzene rings is 1. The van der Waals surface area contributed by atoms with E-state index in [1.54, 1.807) is 6.07 Å². The lowest BCUT2D eigenvalue weighted by Crippen LogP contribution is -2.47. The molecule has 1 aromatic rings. The Labute approximate surface area is 128 Å². The number of esters is 2. The second-order valence-corrected chi connectivity index (χ2v) is 5.94. The number of nitro benzene ring substituents is 1. The molecule has 0 amide bonds. The van der Waals surface area contributed by atoms with E-state index in [2.05, 4.69) is 15.9 Å². The molecule has 8 heteroatoms. The third kappa shape index (κ3) is 3.38. The third-order valence-corrected chi connectivity index (χ3v) is 3.42. The van der Waals surface area contributed by atoms with Crippen molar-refractivity contribution < 1.29 is 24.0 Å². The van der Waals surface area contributed by atoms with Gasteiger partial charge in [0.2, 0.25) is 0 Å². The monoisotopic (exact) mass is 357 g/mol. The number of hydrogen-bond donors (Lipinski definition) is 0. The quantitative estimate of drug-likeness (QED) is 0.356. The van der Waals surface area contributed by atoms with Crippen LogP contribution < -0.4 is 0 Å². The highest BCUT2D eigenvalue weighted by molar-refractivity contribution is 9.10.